The summed E-state index contributed by atoms with van der Waals surface area (Å²) in [6, 6.07) is -1.95. The van der Waals surface area contributed by atoms with E-state index >= 15 is 0 Å². The van der Waals surface area contributed by atoms with Crippen LogP contribution in [0.1, 0.15) is 13.3 Å². The summed E-state index contributed by atoms with van der Waals surface area (Å²) < 4.78 is 73.8. The van der Waals surface area contributed by atoms with Crippen molar-refractivity contribution in [3.05, 3.63) is 5.28 Å². The molecule has 2 N–H and O–H groups in total. The average Bonchev–Trinajstić information content (AvgIpc) is 2.30. The Kier molecular flexibility index (Phi) is 5.42. The standard InChI is InChI=1S/C9H10ClF6N5/c1-2-4(9(14,15)16)18-7-20-5(10)19-6(21-7)17-3-8(11,12)13/h4H,2-3H2,1H3,(H2,17,18,19,20,21)/t4-/m1/s1. The Morgan fingerprint density at radius 3 is 2.10 bits per heavy atom. The highest BCUT2D eigenvalue weighted by Gasteiger charge is 2.38. The highest BCUT2D eigenvalue weighted by molar-refractivity contribution is 6.28. The normalized spacial score (nSPS) is 13.9. The van der Waals surface area contributed by atoms with E-state index in [0.29, 0.717) is 0 Å². The van der Waals surface area contributed by atoms with Crippen molar-refractivity contribution in [1.29, 1.82) is 0 Å². The third kappa shape index (κ3) is 6.19. The largest absolute Gasteiger partial charge is 0.408 e. The maximum Gasteiger partial charge on any atom is 0.408 e. The third-order valence-corrected chi connectivity index (χ3v) is 2.33. The van der Waals surface area contributed by atoms with E-state index in [0.717, 1.165) is 0 Å². The second-order valence-electron chi connectivity index (χ2n) is 3.87. The molecule has 1 aromatic rings. The lowest BCUT2D eigenvalue weighted by atomic mass is 10.2. The molecule has 0 aliphatic rings. The first-order valence-corrected chi connectivity index (χ1v) is 5.94. The maximum atomic E-state index is 12.6. The van der Waals surface area contributed by atoms with Crippen LogP contribution in [0.4, 0.5) is 38.2 Å². The molecule has 0 aliphatic heterocycles. The zero-order valence-electron chi connectivity index (χ0n) is 10.5. The molecule has 12 heteroatoms. The Morgan fingerprint density at radius 1 is 1.05 bits per heavy atom. The van der Waals surface area contributed by atoms with Crippen LogP contribution in [0, 0.1) is 0 Å². The molecule has 120 valence electrons. The summed E-state index contributed by atoms with van der Waals surface area (Å²) in [4.78, 5) is 10.1. The summed E-state index contributed by atoms with van der Waals surface area (Å²) in [5, 5.41) is 3.22. The van der Waals surface area contributed by atoms with Gasteiger partial charge in [-0.3, -0.25) is 0 Å². The van der Waals surface area contributed by atoms with Gasteiger partial charge in [0.1, 0.15) is 12.6 Å². The molecule has 1 heterocycles. The number of alkyl halides is 6. The first-order valence-electron chi connectivity index (χ1n) is 5.56. The van der Waals surface area contributed by atoms with Gasteiger partial charge in [-0.1, -0.05) is 6.92 Å². The fourth-order valence-corrected chi connectivity index (χ4v) is 1.40. The van der Waals surface area contributed by atoms with Gasteiger partial charge in [-0.05, 0) is 18.0 Å². The van der Waals surface area contributed by atoms with E-state index in [1.165, 1.54) is 6.92 Å². The predicted octanol–water partition coefficient (Wildman–Crippen LogP) is 3.25. The van der Waals surface area contributed by atoms with Crippen LogP contribution in [-0.4, -0.2) is 39.9 Å². The average molecular weight is 338 g/mol. The molecule has 0 aliphatic carbocycles. The summed E-state index contributed by atoms with van der Waals surface area (Å²) in [6.45, 7) is -0.181. The van der Waals surface area contributed by atoms with E-state index < -0.39 is 42.1 Å². The minimum absolute atomic E-state index is 0.321. The Bertz CT molecular complexity index is 477. The second kappa shape index (κ2) is 6.50. The summed E-state index contributed by atoms with van der Waals surface area (Å²) in [5.41, 5.74) is 0. The van der Waals surface area contributed by atoms with E-state index in [-0.39, 0.29) is 6.42 Å². The number of aromatic nitrogens is 3. The van der Waals surface area contributed by atoms with Crippen molar-refractivity contribution in [3.8, 4) is 0 Å². The molecule has 0 spiro atoms. The highest BCUT2D eigenvalue weighted by Crippen LogP contribution is 2.25. The van der Waals surface area contributed by atoms with Crippen LogP contribution in [-0.2, 0) is 0 Å². The van der Waals surface area contributed by atoms with Crippen LogP contribution in [0.15, 0.2) is 0 Å². The summed E-state index contributed by atoms with van der Waals surface area (Å²) in [5.74, 6) is -1.14. The van der Waals surface area contributed by atoms with Gasteiger partial charge in [0.2, 0.25) is 17.2 Å². The van der Waals surface area contributed by atoms with Gasteiger partial charge >= 0.3 is 12.4 Å². The van der Waals surface area contributed by atoms with Crippen LogP contribution < -0.4 is 10.6 Å². The van der Waals surface area contributed by atoms with Gasteiger partial charge in [0.25, 0.3) is 0 Å². The van der Waals surface area contributed by atoms with E-state index in [1.807, 2.05) is 5.32 Å². The molecule has 0 saturated carbocycles. The molecule has 1 aromatic heterocycles. The fourth-order valence-electron chi connectivity index (χ4n) is 1.24. The van der Waals surface area contributed by atoms with Crippen LogP contribution in [0.2, 0.25) is 5.28 Å². The number of nitrogens with one attached hydrogen (secondary N) is 2. The lowest BCUT2D eigenvalue weighted by Gasteiger charge is -2.20. The van der Waals surface area contributed by atoms with Crippen molar-refractivity contribution >= 4 is 23.5 Å². The minimum Gasteiger partial charge on any atom is -0.345 e. The zero-order valence-corrected chi connectivity index (χ0v) is 11.2. The number of hydrogen-bond donors (Lipinski definition) is 2. The molecule has 0 fully saturated rings. The Labute approximate surface area is 120 Å². The molecule has 0 unspecified atom stereocenters. The lowest BCUT2D eigenvalue weighted by Crippen LogP contribution is -2.36. The molecule has 0 radical (unpaired) electrons. The molecular weight excluding hydrogens is 328 g/mol. The topological polar surface area (TPSA) is 62.7 Å². The van der Waals surface area contributed by atoms with Gasteiger partial charge in [-0.2, -0.15) is 41.3 Å². The maximum absolute atomic E-state index is 12.6. The van der Waals surface area contributed by atoms with E-state index in [1.54, 1.807) is 5.32 Å². The molecule has 0 bridgehead atoms. The quantitative estimate of drug-likeness (QED) is 0.808. The van der Waals surface area contributed by atoms with Crippen molar-refractivity contribution in [1.82, 2.24) is 15.0 Å². The van der Waals surface area contributed by atoms with E-state index in [4.69, 9.17) is 11.6 Å². The van der Waals surface area contributed by atoms with Crippen LogP contribution >= 0.6 is 11.6 Å². The fraction of sp³-hybridized carbons (Fsp3) is 0.667. The van der Waals surface area contributed by atoms with Crippen molar-refractivity contribution in [2.45, 2.75) is 31.7 Å². The Hall–Kier alpha value is -1.52. The van der Waals surface area contributed by atoms with E-state index in [9.17, 15) is 26.3 Å². The molecular formula is C9H10ClF6N5. The smallest absolute Gasteiger partial charge is 0.345 e. The molecule has 21 heavy (non-hydrogen) atoms. The van der Waals surface area contributed by atoms with Gasteiger partial charge in [0.05, 0.1) is 0 Å². The SMILES string of the molecule is CC[C@@H](Nc1nc(Cl)nc(NCC(F)(F)F)n1)C(F)(F)F. The van der Waals surface area contributed by atoms with Crippen molar-refractivity contribution < 1.29 is 26.3 Å². The minimum atomic E-state index is -4.56. The molecule has 0 aromatic carbocycles. The Balaban J connectivity index is 2.86. The van der Waals surface area contributed by atoms with Crippen LogP contribution in [0.5, 0.6) is 0 Å². The van der Waals surface area contributed by atoms with Crippen molar-refractivity contribution in [2.75, 3.05) is 17.2 Å². The molecule has 1 atom stereocenters. The van der Waals surface area contributed by atoms with Crippen molar-refractivity contribution in [2.24, 2.45) is 0 Å². The van der Waals surface area contributed by atoms with Gasteiger partial charge < -0.3 is 10.6 Å². The third-order valence-electron chi connectivity index (χ3n) is 2.16. The van der Waals surface area contributed by atoms with Gasteiger partial charge in [-0.25, -0.2) is 0 Å². The first kappa shape index (κ1) is 17.5. The molecule has 0 amide bonds. The van der Waals surface area contributed by atoms with Gasteiger partial charge in [0.15, 0.2) is 0 Å². The summed E-state index contributed by atoms with van der Waals surface area (Å²) >= 11 is 5.44. The summed E-state index contributed by atoms with van der Waals surface area (Å²) in [6.07, 6.45) is -9.42. The van der Waals surface area contributed by atoms with E-state index in [2.05, 4.69) is 15.0 Å². The number of rotatable bonds is 5. The molecule has 0 saturated heterocycles. The molecule has 1 rings (SSSR count). The number of nitrogens with zero attached hydrogens (tertiary/aromatic N) is 3. The highest BCUT2D eigenvalue weighted by atomic mass is 35.5. The van der Waals surface area contributed by atoms with Gasteiger partial charge in [-0.15, -0.1) is 0 Å². The number of anilines is 2. The van der Waals surface area contributed by atoms with Crippen LogP contribution in [0.3, 0.4) is 0 Å². The second-order valence-corrected chi connectivity index (χ2v) is 4.21. The number of halogens is 7. The zero-order chi connectivity index (χ0) is 16.3. The Morgan fingerprint density at radius 2 is 1.62 bits per heavy atom. The predicted molar refractivity (Wildman–Crippen MR) is 63.1 cm³/mol. The number of hydrogen-bond acceptors (Lipinski definition) is 5. The van der Waals surface area contributed by atoms with Crippen molar-refractivity contribution in [3.63, 3.8) is 0 Å². The van der Waals surface area contributed by atoms with Crippen LogP contribution in [0.25, 0.3) is 0 Å². The van der Waals surface area contributed by atoms with Gasteiger partial charge in [0, 0.05) is 0 Å². The monoisotopic (exact) mass is 337 g/mol. The summed E-state index contributed by atoms with van der Waals surface area (Å²) in [7, 11) is 0. The first-order chi connectivity index (χ1) is 9.51. The molecule has 5 nitrogen and oxygen atoms in total. The lowest BCUT2D eigenvalue weighted by molar-refractivity contribution is -0.143.